The van der Waals surface area contributed by atoms with Gasteiger partial charge in [-0.05, 0) is 48.2 Å². The topological polar surface area (TPSA) is 29.3 Å². The molecule has 0 fully saturated rings. The Morgan fingerprint density at radius 2 is 1.63 bits per heavy atom. The molecule has 0 heterocycles. The zero-order valence-electron chi connectivity index (χ0n) is 10.5. The molecule has 0 spiro atoms. The van der Waals surface area contributed by atoms with Crippen molar-refractivity contribution >= 4 is 29.9 Å². The van der Waals surface area contributed by atoms with Crippen molar-refractivity contribution in [1.29, 1.82) is 0 Å². The van der Waals surface area contributed by atoms with Crippen LogP contribution in [-0.2, 0) is 6.54 Å². The van der Waals surface area contributed by atoms with Crippen molar-refractivity contribution in [2.24, 2.45) is 5.84 Å². The van der Waals surface area contributed by atoms with Crippen molar-refractivity contribution in [2.45, 2.75) is 11.4 Å². The average molecular weight is 299 g/mol. The van der Waals surface area contributed by atoms with E-state index in [4.69, 9.17) is 5.84 Å². The van der Waals surface area contributed by atoms with Crippen LogP contribution in [0.25, 0.3) is 0 Å². The van der Waals surface area contributed by atoms with Crippen molar-refractivity contribution in [3.63, 3.8) is 0 Å². The maximum atomic E-state index is 12.8. The molecule has 2 nitrogen and oxygen atoms in total. The summed E-state index contributed by atoms with van der Waals surface area (Å²) < 4.78 is 12.8. The van der Waals surface area contributed by atoms with E-state index in [-0.39, 0.29) is 18.2 Å². The number of nitrogens with two attached hydrogens (primary N) is 1. The van der Waals surface area contributed by atoms with Gasteiger partial charge in [-0.15, -0.1) is 24.2 Å². The van der Waals surface area contributed by atoms with Crippen LogP contribution in [0.4, 0.5) is 10.1 Å². The normalized spacial score (nSPS) is 9.84. The molecule has 0 atom stereocenters. The molecule has 0 radical (unpaired) electrons. The molecular formula is C14H16ClFN2S. The Kier molecular flexibility index (Phi) is 6.15. The summed E-state index contributed by atoms with van der Waals surface area (Å²) in [5.41, 5.74) is 1.92. The molecule has 0 bridgehead atoms. The summed E-state index contributed by atoms with van der Waals surface area (Å²) in [4.78, 5) is 1.23. The van der Waals surface area contributed by atoms with Gasteiger partial charge < -0.3 is 5.01 Å². The van der Waals surface area contributed by atoms with Crippen molar-refractivity contribution in [1.82, 2.24) is 0 Å². The van der Waals surface area contributed by atoms with Gasteiger partial charge >= 0.3 is 0 Å². The standard InChI is InChI=1S/C14H15FN2S.ClH/c1-18-14-8-2-11(3-9-14)10-17(16)13-6-4-12(15)5-7-13;/h2-9H,10,16H2,1H3;1H. The van der Waals surface area contributed by atoms with E-state index in [1.54, 1.807) is 28.9 Å². The van der Waals surface area contributed by atoms with E-state index < -0.39 is 0 Å². The predicted molar refractivity (Wildman–Crippen MR) is 82.2 cm³/mol. The molecule has 0 amide bonds. The summed E-state index contributed by atoms with van der Waals surface area (Å²) in [6.45, 7) is 0.598. The molecule has 2 aromatic carbocycles. The number of nitrogens with zero attached hydrogens (tertiary/aromatic N) is 1. The third-order valence-electron chi connectivity index (χ3n) is 2.67. The lowest BCUT2D eigenvalue weighted by Gasteiger charge is -2.18. The van der Waals surface area contributed by atoms with Gasteiger partial charge in [0.05, 0.1) is 12.2 Å². The van der Waals surface area contributed by atoms with E-state index in [0.29, 0.717) is 6.54 Å². The van der Waals surface area contributed by atoms with Gasteiger partial charge in [-0.2, -0.15) is 0 Å². The van der Waals surface area contributed by atoms with Gasteiger partial charge in [-0.3, -0.25) is 0 Å². The van der Waals surface area contributed by atoms with Gasteiger partial charge in [0.2, 0.25) is 0 Å². The highest BCUT2D eigenvalue weighted by molar-refractivity contribution is 7.98. The summed E-state index contributed by atoms with van der Waals surface area (Å²) in [5.74, 6) is 5.70. The minimum absolute atomic E-state index is 0. The van der Waals surface area contributed by atoms with Gasteiger partial charge in [0.1, 0.15) is 5.82 Å². The monoisotopic (exact) mass is 298 g/mol. The van der Waals surface area contributed by atoms with Crippen LogP contribution in [0.15, 0.2) is 53.4 Å². The van der Waals surface area contributed by atoms with Crippen molar-refractivity contribution < 1.29 is 4.39 Å². The molecule has 0 aromatic heterocycles. The third kappa shape index (κ3) is 4.42. The molecule has 2 rings (SSSR count). The number of hydrazine groups is 1. The minimum Gasteiger partial charge on any atom is -0.307 e. The minimum atomic E-state index is -0.253. The first-order chi connectivity index (χ1) is 8.69. The Morgan fingerprint density at radius 3 is 2.16 bits per heavy atom. The summed E-state index contributed by atoms with van der Waals surface area (Å²) in [6.07, 6.45) is 2.04. The second kappa shape index (κ2) is 7.38. The number of thioether (sulfide) groups is 1. The zero-order chi connectivity index (χ0) is 13.0. The largest absolute Gasteiger partial charge is 0.307 e. The van der Waals surface area contributed by atoms with Crippen molar-refractivity contribution in [3.05, 3.63) is 59.9 Å². The van der Waals surface area contributed by atoms with Gasteiger partial charge in [0.15, 0.2) is 0 Å². The van der Waals surface area contributed by atoms with Crippen LogP contribution in [0.1, 0.15) is 5.56 Å². The van der Waals surface area contributed by atoms with E-state index in [0.717, 1.165) is 11.3 Å². The first kappa shape index (κ1) is 15.8. The molecule has 2 aromatic rings. The van der Waals surface area contributed by atoms with Crippen LogP contribution in [0.5, 0.6) is 0 Å². The SMILES string of the molecule is CSc1ccc(CN(N)c2ccc(F)cc2)cc1.Cl. The van der Waals surface area contributed by atoms with E-state index in [1.165, 1.54) is 17.0 Å². The van der Waals surface area contributed by atoms with Crippen LogP contribution in [0.2, 0.25) is 0 Å². The number of rotatable bonds is 4. The maximum Gasteiger partial charge on any atom is 0.123 e. The molecule has 0 saturated heterocycles. The average Bonchev–Trinajstić information content (AvgIpc) is 2.40. The molecule has 102 valence electrons. The molecule has 2 N–H and O–H groups in total. The summed E-state index contributed by atoms with van der Waals surface area (Å²) in [5, 5.41) is 1.60. The quantitative estimate of drug-likeness (QED) is 0.528. The highest BCUT2D eigenvalue weighted by Crippen LogP contribution is 2.18. The van der Waals surface area contributed by atoms with E-state index in [1.807, 2.05) is 6.26 Å². The van der Waals surface area contributed by atoms with Crippen LogP contribution >= 0.6 is 24.2 Å². The summed E-state index contributed by atoms with van der Waals surface area (Å²) in [7, 11) is 0. The first-order valence-electron chi connectivity index (χ1n) is 5.60. The molecule has 5 heteroatoms. The Labute approximate surface area is 123 Å². The number of halogens is 2. The van der Waals surface area contributed by atoms with Gasteiger partial charge in [0, 0.05) is 4.90 Å². The zero-order valence-corrected chi connectivity index (χ0v) is 12.2. The van der Waals surface area contributed by atoms with Crippen LogP contribution < -0.4 is 10.9 Å². The van der Waals surface area contributed by atoms with Crippen LogP contribution in [-0.4, -0.2) is 6.26 Å². The fourth-order valence-electron chi connectivity index (χ4n) is 1.65. The first-order valence-corrected chi connectivity index (χ1v) is 6.82. The number of hydrogen-bond acceptors (Lipinski definition) is 3. The lowest BCUT2D eigenvalue weighted by atomic mass is 10.2. The molecule has 0 unspecified atom stereocenters. The highest BCUT2D eigenvalue weighted by Gasteiger charge is 2.03. The van der Waals surface area contributed by atoms with Crippen molar-refractivity contribution in [2.75, 3.05) is 11.3 Å². The third-order valence-corrected chi connectivity index (χ3v) is 3.41. The number of benzene rings is 2. The van der Waals surface area contributed by atoms with Gasteiger partial charge in [0.25, 0.3) is 0 Å². The van der Waals surface area contributed by atoms with Crippen LogP contribution in [0, 0.1) is 5.82 Å². The smallest absolute Gasteiger partial charge is 0.123 e. The van der Waals surface area contributed by atoms with Crippen LogP contribution in [0.3, 0.4) is 0 Å². The molecule has 0 aliphatic carbocycles. The fourth-order valence-corrected chi connectivity index (χ4v) is 2.06. The van der Waals surface area contributed by atoms with E-state index in [9.17, 15) is 4.39 Å². The Morgan fingerprint density at radius 1 is 1.05 bits per heavy atom. The van der Waals surface area contributed by atoms with Crippen molar-refractivity contribution in [3.8, 4) is 0 Å². The lowest BCUT2D eigenvalue weighted by molar-refractivity contribution is 0.627. The highest BCUT2D eigenvalue weighted by atomic mass is 35.5. The Balaban J connectivity index is 0.00000180. The number of hydrogen-bond donors (Lipinski definition) is 1. The molecule has 0 saturated carbocycles. The molecule has 19 heavy (non-hydrogen) atoms. The lowest BCUT2D eigenvalue weighted by Crippen LogP contribution is -2.29. The van der Waals surface area contributed by atoms with E-state index in [2.05, 4.69) is 24.3 Å². The molecule has 0 aliphatic heterocycles. The second-order valence-corrected chi connectivity index (χ2v) is 4.83. The Hall–Kier alpha value is -1.23. The summed E-state index contributed by atoms with van der Waals surface area (Å²) in [6, 6.07) is 14.4. The van der Waals surface area contributed by atoms with E-state index >= 15 is 0 Å². The summed E-state index contributed by atoms with van der Waals surface area (Å²) >= 11 is 1.71. The maximum absolute atomic E-state index is 12.8. The fraction of sp³-hybridized carbons (Fsp3) is 0.143. The molecule has 0 aliphatic rings. The van der Waals surface area contributed by atoms with Gasteiger partial charge in [-0.1, -0.05) is 12.1 Å². The number of anilines is 1. The molecular weight excluding hydrogens is 283 g/mol. The Bertz CT molecular complexity index is 502. The predicted octanol–water partition coefficient (Wildman–Crippen LogP) is 3.85. The second-order valence-electron chi connectivity index (χ2n) is 3.95. The van der Waals surface area contributed by atoms with Gasteiger partial charge in [-0.25, -0.2) is 10.2 Å².